The van der Waals surface area contributed by atoms with E-state index in [9.17, 15) is 4.79 Å². The molecule has 1 amide bonds. The number of carbonyl (C=O) groups is 1. The maximum absolute atomic E-state index is 12.1. The number of nitrogens with one attached hydrogen (secondary N) is 1. The van der Waals surface area contributed by atoms with Gasteiger partial charge in [-0.1, -0.05) is 27.2 Å². The van der Waals surface area contributed by atoms with Crippen molar-refractivity contribution in [3.05, 3.63) is 23.1 Å². The number of piperidine rings is 1. The van der Waals surface area contributed by atoms with Gasteiger partial charge in [-0.25, -0.2) is 0 Å². The third-order valence-electron chi connectivity index (χ3n) is 4.23. The number of nitrogens with zero attached hydrogens (tertiary/aromatic N) is 1. The molecule has 0 aliphatic carbocycles. The summed E-state index contributed by atoms with van der Waals surface area (Å²) in [7, 11) is 0. The molecule has 0 bridgehead atoms. The van der Waals surface area contributed by atoms with Gasteiger partial charge in [-0.3, -0.25) is 4.79 Å². The monoisotopic (exact) mass is 312 g/mol. The lowest BCUT2D eigenvalue weighted by Crippen LogP contribution is -2.51. The van der Waals surface area contributed by atoms with E-state index in [4.69, 9.17) is 16.0 Å². The Morgan fingerprint density at radius 2 is 2.29 bits per heavy atom. The Kier molecular flexibility index (Phi) is 5.71. The zero-order chi connectivity index (χ0) is 15.4. The summed E-state index contributed by atoms with van der Waals surface area (Å²) in [5, 5.41) is 3.98. The van der Waals surface area contributed by atoms with Crippen LogP contribution in [0.2, 0.25) is 5.22 Å². The van der Waals surface area contributed by atoms with Crippen molar-refractivity contribution in [3.8, 4) is 0 Å². The van der Waals surface area contributed by atoms with Crippen molar-refractivity contribution in [3.63, 3.8) is 0 Å². The number of hydrogen-bond donors (Lipinski definition) is 1. The fourth-order valence-electron chi connectivity index (χ4n) is 2.96. The molecule has 2 rings (SSSR count). The first-order chi connectivity index (χ1) is 10.0. The SMILES string of the molecule is CC[C@@H]1CN(C(=O)C(C)C)CC[C@@H]1NCc1ccc(Cl)o1. The Labute approximate surface area is 131 Å². The number of halogens is 1. The van der Waals surface area contributed by atoms with Crippen LogP contribution < -0.4 is 5.32 Å². The van der Waals surface area contributed by atoms with Crippen LogP contribution in [0.3, 0.4) is 0 Å². The highest BCUT2D eigenvalue weighted by molar-refractivity contribution is 6.28. The highest BCUT2D eigenvalue weighted by Crippen LogP contribution is 2.22. The van der Waals surface area contributed by atoms with E-state index in [2.05, 4.69) is 12.2 Å². The molecule has 0 radical (unpaired) electrons. The standard InChI is InChI=1S/C16H25ClN2O2/c1-4-12-10-19(16(20)11(2)3)8-7-14(12)18-9-13-5-6-15(17)21-13/h5-6,11-12,14,18H,4,7-10H2,1-3H3/t12-,14+/m1/s1. The molecule has 21 heavy (non-hydrogen) atoms. The van der Waals surface area contributed by atoms with Crippen LogP contribution in [0, 0.1) is 11.8 Å². The average molecular weight is 313 g/mol. The van der Waals surface area contributed by atoms with E-state index in [1.807, 2.05) is 24.8 Å². The van der Waals surface area contributed by atoms with Crippen LogP contribution in [-0.4, -0.2) is 29.9 Å². The van der Waals surface area contributed by atoms with E-state index in [0.29, 0.717) is 23.7 Å². The van der Waals surface area contributed by atoms with Crippen LogP contribution in [0.1, 0.15) is 39.4 Å². The van der Waals surface area contributed by atoms with Crippen LogP contribution in [-0.2, 0) is 11.3 Å². The molecule has 5 heteroatoms. The predicted octanol–water partition coefficient (Wildman–Crippen LogP) is 3.31. The quantitative estimate of drug-likeness (QED) is 0.907. The molecule has 0 saturated carbocycles. The second kappa shape index (κ2) is 7.32. The molecule has 1 saturated heterocycles. The molecule has 1 aliphatic rings. The van der Waals surface area contributed by atoms with Crippen molar-refractivity contribution in [1.29, 1.82) is 0 Å². The first-order valence-corrected chi connectivity index (χ1v) is 8.15. The lowest BCUT2D eigenvalue weighted by molar-refractivity contribution is -0.136. The largest absolute Gasteiger partial charge is 0.448 e. The maximum Gasteiger partial charge on any atom is 0.225 e. The van der Waals surface area contributed by atoms with E-state index in [-0.39, 0.29) is 11.8 Å². The fourth-order valence-corrected chi connectivity index (χ4v) is 3.12. The van der Waals surface area contributed by atoms with Gasteiger partial charge >= 0.3 is 0 Å². The van der Waals surface area contributed by atoms with Gasteiger partial charge in [0, 0.05) is 25.0 Å². The highest BCUT2D eigenvalue weighted by atomic mass is 35.5. The Bertz CT molecular complexity index is 473. The molecule has 118 valence electrons. The van der Waals surface area contributed by atoms with Gasteiger partial charge in [0.25, 0.3) is 0 Å². The van der Waals surface area contributed by atoms with E-state index in [1.54, 1.807) is 6.07 Å². The van der Waals surface area contributed by atoms with Crippen LogP contribution in [0.25, 0.3) is 0 Å². The molecule has 1 fully saturated rings. The fraction of sp³-hybridized carbons (Fsp3) is 0.688. The number of carbonyl (C=O) groups excluding carboxylic acids is 1. The zero-order valence-corrected chi connectivity index (χ0v) is 13.8. The molecule has 1 aromatic heterocycles. The lowest BCUT2D eigenvalue weighted by Gasteiger charge is -2.39. The second-order valence-corrected chi connectivity index (χ2v) is 6.46. The Morgan fingerprint density at radius 3 is 2.86 bits per heavy atom. The Balaban J connectivity index is 1.88. The van der Waals surface area contributed by atoms with E-state index < -0.39 is 0 Å². The maximum atomic E-state index is 12.1. The molecule has 1 aliphatic heterocycles. The van der Waals surface area contributed by atoms with Crippen LogP contribution in [0.15, 0.2) is 16.5 Å². The van der Waals surface area contributed by atoms with Crippen molar-refractivity contribution < 1.29 is 9.21 Å². The molecular weight excluding hydrogens is 288 g/mol. The van der Waals surface area contributed by atoms with Crippen LogP contribution in [0.5, 0.6) is 0 Å². The van der Waals surface area contributed by atoms with Crippen molar-refractivity contribution in [2.45, 2.75) is 46.2 Å². The minimum atomic E-state index is 0.0808. The van der Waals surface area contributed by atoms with Crippen molar-refractivity contribution >= 4 is 17.5 Å². The number of amides is 1. The first kappa shape index (κ1) is 16.4. The third-order valence-corrected chi connectivity index (χ3v) is 4.43. The zero-order valence-electron chi connectivity index (χ0n) is 13.1. The van der Waals surface area contributed by atoms with Gasteiger partial charge in [-0.2, -0.15) is 0 Å². The van der Waals surface area contributed by atoms with E-state index in [0.717, 1.165) is 31.7 Å². The summed E-state index contributed by atoms with van der Waals surface area (Å²) >= 11 is 5.78. The molecule has 1 aromatic rings. The molecular formula is C16H25ClN2O2. The summed E-state index contributed by atoms with van der Waals surface area (Å²) in [6.45, 7) is 8.50. The minimum Gasteiger partial charge on any atom is -0.448 e. The summed E-state index contributed by atoms with van der Waals surface area (Å²) in [6, 6.07) is 4.09. The van der Waals surface area contributed by atoms with E-state index in [1.165, 1.54) is 0 Å². The number of hydrogen-bond acceptors (Lipinski definition) is 3. The van der Waals surface area contributed by atoms with Crippen LogP contribution in [0.4, 0.5) is 0 Å². The van der Waals surface area contributed by atoms with Gasteiger partial charge in [-0.15, -0.1) is 0 Å². The summed E-state index contributed by atoms with van der Waals surface area (Å²) in [5.74, 6) is 1.70. The number of rotatable bonds is 5. The number of furan rings is 1. The topological polar surface area (TPSA) is 45.5 Å². The molecule has 2 heterocycles. The normalized spacial score (nSPS) is 22.8. The van der Waals surface area contributed by atoms with Gasteiger partial charge in [0.1, 0.15) is 5.76 Å². The van der Waals surface area contributed by atoms with E-state index >= 15 is 0 Å². The van der Waals surface area contributed by atoms with Gasteiger partial charge in [0.05, 0.1) is 6.54 Å². The van der Waals surface area contributed by atoms with Gasteiger partial charge in [0.15, 0.2) is 5.22 Å². The van der Waals surface area contributed by atoms with Gasteiger partial charge in [-0.05, 0) is 36.1 Å². The highest BCUT2D eigenvalue weighted by Gasteiger charge is 2.30. The predicted molar refractivity (Wildman–Crippen MR) is 84.2 cm³/mol. The lowest BCUT2D eigenvalue weighted by atomic mass is 9.89. The molecule has 0 unspecified atom stereocenters. The Morgan fingerprint density at radius 1 is 1.52 bits per heavy atom. The third kappa shape index (κ3) is 4.24. The minimum absolute atomic E-state index is 0.0808. The molecule has 2 atom stereocenters. The van der Waals surface area contributed by atoms with Crippen molar-refractivity contribution in [2.24, 2.45) is 11.8 Å². The molecule has 4 nitrogen and oxygen atoms in total. The Hall–Kier alpha value is -1.00. The summed E-state index contributed by atoms with van der Waals surface area (Å²) in [5.41, 5.74) is 0. The average Bonchev–Trinajstić information content (AvgIpc) is 2.89. The van der Waals surface area contributed by atoms with Gasteiger partial charge in [0.2, 0.25) is 5.91 Å². The summed E-state index contributed by atoms with van der Waals surface area (Å²) < 4.78 is 5.37. The molecule has 0 spiro atoms. The summed E-state index contributed by atoms with van der Waals surface area (Å²) in [6.07, 6.45) is 2.06. The summed E-state index contributed by atoms with van der Waals surface area (Å²) in [4.78, 5) is 14.1. The smallest absolute Gasteiger partial charge is 0.225 e. The van der Waals surface area contributed by atoms with Crippen molar-refractivity contribution in [1.82, 2.24) is 10.2 Å². The van der Waals surface area contributed by atoms with Crippen LogP contribution >= 0.6 is 11.6 Å². The second-order valence-electron chi connectivity index (χ2n) is 6.09. The number of likely N-dealkylation sites (tertiary alicyclic amines) is 1. The first-order valence-electron chi connectivity index (χ1n) is 7.77. The van der Waals surface area contributed by atoms with Crippen molar-refractivity contribution in [2.75, 3.05) is 13.1 Å². The molecule has 1 N–H and O–H groups in total. The van der Waals surface area contributed by atoms with Gasteiger partial charge < -0.3 is 14.6 Å². The molecule has 0 aromatic carbocycles.